The van der Waals surface area contributed by atoms with Crippen molar-refractivity contribution < 1.29 is 9.32 Å². The van der Waals surface area contributed by atoms with Gasteiger partial charge in [0.1, 0.15) is 5.76 Å². The maximum atomic E-state index is 12.9. The Morgan fingerprint density at radius 3 is 3.00 bits per heavy atom. The Balaban J connectivity index is 1.85. The normalized spacial score (nSPS) is 27.7. The van der Waals surface area contributed by atoms with Gasteiger partial charge < -0.3 is 4.52 Å². The molecule has 2 unspecified atom stereocenters. The summed E-state index contributed by atoms with van der Waals surface area (Å²) in [6.45, 7) is 1.93. The second-order valence-corrected chi connectivity index (χ2v) is 6.69. The van der Waals surface area contributed by atoms with Gasteiger partial charge in [-0.05, 0) is 31.7 Å². The highest BCUT2D eigenvalue weighted by Crippen LogP contribution is 2.56. The number of Topliss-reactive ketones (excluding diaryl/α,β-unsaturated/α-hetero) is 1. The van der Waals surface area contributed by atoms with E-state index in [-0.39, 0.29) is 16.0 Å². The standard InChI is InChI=1S/C16H14BrNO2/c1-9-12-8-16(7-6-13(12)18-20-9)14(17)10-4-2-3-5-11(10)15(16)19/h2-5,14H,6-8H2,1H3. The van der Waals surface area contributed by atoms with Crippen LogP contribution < -0.4 is 0 Å². The lowest BCUT2D eigenvalue weighted by atomic mass is 9.70. The van der Waals surface area contributed by atoms with E-state index in [1.54, 1.807) is 0 Å². The topological polar surface area (TPSA) is 43.1 Å². The van der Waals surface area contributed by atoms with Crippen LogP contribution in [0.4, 0.5) is 0 Å². The number of fused-ring (bicyclic) bond motifs is 2. The highest BCUT2D eigenvalue weighted by Gasteiger charge is 2.53. The third-order valence-electron chi connectivity index (χ3n) is 4.78. The van der Waals surface area contributed by atoms with Crippen molar-refractivity contribution in [1.29, 1.82) is 0 Å². The summed E-state index contributed by atoms with van der Waals surface area (Å²) < 4.78 is 5.29. The van der Waals surface area contributed by atoms with Crippen LogP contribution in [0.5, 0.6) is 0 Å². The number of benzene rings is 1. The molecule has 2 atom stereocenters. The molecule has 2 aromatic rings. The molecule has 0 amide bonds. The molecule has 0 radical (unpaired) electrons. The number of alkyl halides is 1. The zero-order valence-electron chi connectivity index (χ0n) is 11.1. The molecule has 0 aliphatic heterocycles. The van der Waals surface area contributed by atoms with E-state index in [2.05, 4.69) is 27.2 Å². The van der Waals surface area contributed by atoms with Crippen LogP contribution in [0.1, 0.15) is 44.2 Å². The van der Waals surface area contributed by atoms with Crippen LogP contribution in [0.3, 0.4) is 0 Å². The van der Waals surface area contributed by atoms with E-state index in [1.807, 2.05) is 25.1 Å². The fourth-order valence-electron chi connectivity index (χ4n) is 3.62. The maximum Gasteiger partial charge on any atom is 0.171 e. The first-order chi connectivity index (χ1) is 9.63. The molecule has 1 aromatic heterocycles. The summed E-state index contributed by atoms with van der Waals surface area (Å²) in [5.74, 6) is 1.11. The van der Waals surface area contributed by atoms with Crippen LogP contribution >= 0.6 is 15.9 Å². The Labute approximate surface area is 125 Å². The number of halogens is 1. The molecule has 102 valence electrons. The van der Waals surface area contributed by atoms with E-state index in [0.29, 0.717) is 0 Å². The second-order valence-electron chi connectivity index (χ2n) is 5.78. The molecule has 0 saturated carbocycles. The maximum absolute atomic E-state index is 12.9. The molecule has 1 heterocycles. The predicted octanol–water partition coefficient (Wildman–Crippen LogP) is 3.79. The molecular formula is C16H14BrNO2. The quantitative estimate of drug-likeness (QED) is 0.690. The zero-order chi connectivity index (χ0) is 13.9. The van der Waals surface area contributed by atoms with Gasteiger partial charge in [0.25, 0.3) is 0 Å². The summed E-state index contributed by atoms with van der Waals surface area (Å²) in [5, 5.41) is 4.11. The van der Waals surface area contributed by atoms with Crippen LogP contribution in [0.25, 0.3) is 0 Å². The van der Waals surface area contributed by atoms with Crippen LogP contribution in [-0.4, -0.2) is 10.9 Å². The molecule has 1 aromatic carbocycles. The van der Waals surface area contributed by atoms with Crippen molar-refractivity contribution in [2.45, 2.75) is 31.0 Å². The summed E-state index contributed by atoms with van der Waals surface area (Å²) in [5.41, 5.74) is 3.77. The van der Waals surface area contributed by atoms with Crippen molar-refractivity contribution in [3.63, 3.8) is 0 Å². The first kappa shape index (κ1) is 12.3. The van der Waals surface area contributed by atoms with Gasteiger partial charge in [0.05, 0.1) is 15.9 Å². The Hall–Kier alpha value is -1.42. The Bertz CT molecular complexity index is 721. The molecule has 1 spiro atoms. The average Bonchev–Trinajstić information content (AvgIpc) is 2.94. The Morgan fingerprint density at radius 2 is 2.20 bits per heavy atom. The summed E-state index contributed by atoms with van der Waals surface area (Å²) >= 11 is 3.79. The number of carbonyl (C=O) groups is 1. The molecule has 0 bridgehead atoms. The van der Waals surface area contributed by atoms with E-state index >= 15 is 0 Å². The highest BCUT2D eigenvalue weighted by molar-refractivity contribution is 9.09. The number of ketones is 1. The minimum atomic E-state index is -0.368. The van der Waals surface area contributed by atoms with Crippen molar-refractivity contribution in [1.82, 2.24) is 5.16 Å². The molecular weight excluding hydrogens is 318 g/mol. The lowest BCUT2D eigenvalue weighted by Crippen LogP contribution is -2.36. The van der Waals surface area contributed by atoms with Crippen molar-refractivity contribution in [2.75, 3.05) is 0 Å². The second kappa shape index (κ2) is 4.04. The molecule has 0 saturated heterocycles. The molecule has 20 heavy (non-hydrogen) atoms. The first-order valence-electron chi connectivity index (χ1n) is 6.85. The monoisotopic (exact) mass is 331 g/mol. The minimum Gasteiger partial charge on any atom is -0.361 e. The molecule has 4 heteroatoms. The van der Waals surface area contributed by atoms with E-state index in [4.69, 9.17) is 4.52 Å². The number of nitrogens with zero attached hydrogens (tertiary/aromatic N) is 1. The summed E-state index contributed by atoms with van der Waals surface area (Å²) in [7, 11) is 0. The zero-order valence-corrected chi connectivity index (χ0v) is 12.7. The van der Waals surface area contributed by atoms with E-state index < -0.39 is 0 Å². The van der Waals surface area contributed by atoms with E-state index in [1.165, 1.54) is 0 Å². The van der Waals surface area contributed by atoms with Gasteiger partial charge in [0.15, 0.2) is 5.78 Å². The van der Waals surface area contributed by atoms with Crippen molar-refractivity contribution in [3.8, 4) is 0 Å². The van der Waals surface area contributed by atoms with Crippen molar-refractivity contribution in [2.24, 2.45) is 5.41 Å². The number of carbonyl (C=O) groups excluding carboxylic acids is 1. The lowest BCUT2D eigenvalue weighted by Gasteiger charge is -2.34. The fraction of sp³-hybridized carbons (Fsp3) is 0.375. The van der Waals surface area contributed by atoms with Gasteiger partial charge in [-0.15, -0.1) is 0 Å². The van der Waals surface area contributed by atoms with Gasteiger partial charge in [-0.3, -0.25) is 4.79 Å². The molecule has 3 nitrogen and oxygen atoms in total. The summed E-state index contributed by atoms with van der Waals surface area (Å²) in [6.07, 6.45) is 2.37. The minimum absolute atomic E-state index is 0.0844. The van der Waals surface area contributed by atoms with Gasteiger partial charge in [-0.2, -0.15) is 0 Å². The molecule has 0 fully saturated rings. The Morgan fingerprint density at radius 1 is 1.40 bits per heavy atom. The van der Waals surface area contributed by atoms with Gasteiger partial charge in [0, 0.05) is 11.1 Å². The van der Waals surface area contributed by atoms with Crippen molar-refractivity contribution in [3.05, 3.63) is 52.4 Å². The third kappa shape index (κ3) is 1.40. The smallest absolute Gasteiger partial charge is 0.171 e. The lowest BCUT2D eigenvalue weighted by molar-refractivity contribution is 0.0792. The highest BCUT2D eigenvalue weighted by atomic mass is 79.9. The molecule has 4 rings (SSSR count). The largest absolute Gasteiger partial charge is 0.361 e. The number of hydrogen-bond donors (Lipinski definition) is 0. The molecule has 2 aliphatic rings. The van der Waals surface area contributed by atoms with Crippen LogP contribution in [-0.2, 0) is 12.8 Å². The fourth-order valence-corrected chi connectivity index (χ4v) is 4.62. The third-order valence-corrected chi connectivity index (χ3v) is 6.15. The Kier molecular flexibility index (Phi) is 2.49. The SMILES string of the molecule is Cc1onc2c1CC1(CC2)C(=O)c2ccccc2C1Br. The van der Waals surface area contributed by atoms with Gasteiger partial charge in [0.2, 0.25) is 0 Å². The summed E-state index contributed by atoms with van der Waals surface area (Å²) in [4.78, 5) is 13.0. The number of aromatic nitrogens is 1. The van der Waals surface area contributed by atoms with Gasteiger partial charge in [-0.1, -0.05) is 45.4 Å². The molecule has 2 aliphatic carbocycles. The number of aryl methyl sites for hydroxylation is 2. The average molecular weight is 332 g/mol. The van der Waals surface area contributed by atoms with Crippen LogP contribution in [0.2, 0.25) is 0 Å². The van der Waals surface area contributed by atoms with E-state index in [9.17, 15) is 4.79 Å². The van der Waals surface area contributed by atoms with Gasteiger partial charge in [-0.25, -0.2) is 0 Å². The van der Waals surface area contributed by atoms with E-state index in [0.717, 1.165) is 47.4 Å². The summed E-state index contributed by atoms with van der Waals surface area (Å²) in [6, 6.07) is 7.93. The number of rotatable bonds is 0. The first-order valence-corrected chi connectivity index (χ1v) is 7.77. The van der Waals surface area contributed by atoms with Crippen molar-refractivity contribution >= 4 is 21.7 Å². The van der Waals surface area contributed by atoms with Crippen LogP contribution in [0, 0.1) is 12.3 Å². The number of hydrogen-bond acceptors (Lipinski definition) is 3. The van der Waals surface area contributed by atoms with Crippen LogP contribution in [0.15, 0.2) is 28.8 Å². The van der Waals surface area contributed by atoms with Gasteiger partial charge >= 0.3 is 0 Å². The predicted molar refractivity (Wildman–Crippen MR) is 78.1 cm³/mol. The molecule has 0 N–H and O–H groups in total.